The highest BCUT2D eigenvalue weighted by molar-refractivity contribution is 4.94. The Morgan fingerprint density at radius 1 is 1.33 bits per heavy atom. The maximum Gasteiger partial charge on any atom is -0.0311 e. The summed E-state index contributed by atoms with van der Waals surface area (Å²) in [6, 6.07) is 0. The first-order valence-corrected chi connectivity index (χ1v) is 2.30. The summed E-state index contributed by atoms with van der Waals surface area (Å²) in [4.78, 5) is 0. The van der Waals surface area contributed by atoms with Gasteiger partial charge in [0.2, 0.25) is 0 Å². The van der Waals surface area contributed by atoms with Crippen LogP contribution in [0.1, 0.15) is 12.8 Å². The first kappa shape index (κ1) is 3.91. The summed E-state index contributed by atoms with van der Waals surface area (Å²) in [7, 11) is 0. The van der Waals surface area contributed by atoms with Crippen LogP contribution >= 0.6 is 0 Å². The molecule has 0 amide bonds. The van der Waals surface area contributed by atoms with Gasteiger partial charge in [0.05, 0.1) is 0 Å². The van der Waals surface area contributed by atoms with Crippen molar-refractivity contribution in [2.75, 3.05) is 0 Å². The fourth-order valence-electron chi connectivity index (χ4n) is 0.638. The molecule has 32 valence electrons. The summed E-state index contributed by atoms with van der Waals surface area (Å²) in [6.07, 6.45) is 6.43. The Kier molecular flexibility index (Phi) is 0.952. The van der Waals surface area contributed by atoms with Crippen LogP contribution < -0.4 is 0 Å². The molecule has 0 saturated carbocycles. The number of hydrogen-bond acceptors (Lipinski definition) is 0. The van der Waals surface area contributed by atoms with Gasteiger partial charge in [-0.3, -0.25) is 0 Å². The Morgan fingerprint density at radius 2 is 1.83 bits per heavy atom. The van der Waals surface area contributed by atoms with Crippen LogP contribution in [-0.4, -0.2) is 0 Å². The van der Waals surface area contributed by atoms with Crippen LogP contribution in [0, 0.1) is 12.8 Å². The van der Waals surface area contributed by atoms with Crippen LogP contribution in [0.4, 0.5) is 0 Å². The second kappa shape index (κ2) is 1.46. The summed E-state index contributed by atoms with van der Waals surface area (Å²) < 4.78 is 0. The first-order valence-electron chi connectivity index (χ1n) is 2.30. The lowest BCUT2D eigenvalue weighted by Gasteiger charge is -1.91. The maximum absolute atomic E-state index is 5.47. The van der Waals surface area contributed by atoms with Crippen molar-refractivity contribution >= 4 is 0 Å². The highest BCUT2D eigenvalue weighted by atomic mass is 14.1. The zero-order valence-corrected chi connectivity index (χ0v) is 3.72. The van der Waals surface area contributed by atoms with Gasteiger partial charge in [-0.25, -0.2) is 0 Å². The van der Waals surface area contributed by atoms with Crippen LogP contribution in [0.3, 0.4) is 0 Å². The van der Waals surface area contributed by atoms with Crippen LogP contribution in [0.2, 0.25) is 0 Å². The fraction of sp³-hybridized carbons (Fsp3) is 0.500. The van der Waals surface area contributed by atoms with Gasteiger partial charge in [0, 0.05) is 0 Å². The highest BCUT2D eigenvalue weighted by Crippen LogP contribution is 2.14. The van der Waals surface area contributed by atoms with E-state index < -0.39 is 0 Å². The molecule has 0 aromatic carbocycles. The summed E-state index contributed by atoms with van der Waals surface area (Å²) in [5.41, 5.74) is 0. The maximum atomic E-state index is 5.47. The smallest absolute Gasteiger partial charge is 0.0311 e. The molecule has 0 atom stereocenters. The molecule has 0 unspecified atom stereocenters. The molecule has 0 saturated heterocycles. The van der Waals surface area contributed by atoms with E-state index in [-0.39, 0.29) is 0 Å². The predicted molar refractivity (Wildman–Crippen MR) is 26.2 cm³/mol. The number of rotatable bonds is 0. The van der Waals surface area contributed by atoms with Crippen molar-refractivity contribution in [2.24, 2.45) is 5.92 Å². The Morgan fingerprint density at radius 3 is 2.00 bits per heavy atom. The van der Waals surface area contributed by atoms with E-state index in [1.54, 1.807) is 0 Å². The van der Waals surface area contributed by atoms with Crippen LogP contribution in [-0.2, 0) is 0 Å². The van der Waals surface area contributed by atoms with E-state index in [0.29, 0.717) is 5.92 Å². The zero-order chi connectivity index (χ0) is 4.41. The van der Waals surface area contributed by atoms with Crippen molar-refractivity contribution in [3.05, 3.63) is 19.1 Å². The molecular weight excluding hydrogens is 72.1 g/mol. The van der Waals surface area contributed by atoms with Crippen LogP contribution in [0.15, 0.2) is 12.2 Å². The molecule has 0 bridgehead atoms. The predicted octanol–water partition coefficient (Wildman–Crippen LogP) is 1.66. The molecule has 0 aromatic heterocycles. The van der Waals surface area contributed by atoms with Crippen molar-refractivity contribution in [2.45, 2.75) is 12.8 Å². The Balaban J connectivity index is 2.32. The third-order valence-electron chi connectivity index (χ3n) is 1.04. The largest absolute Gasteiger partial charge is 0.0882 e. The normalized spacial score (nSPS) is 22.8. The zero-order valence-electron chi connectivity index (χ0n) is 3.72. The molecule has 0 nitrogen and oxygen atoms in total. The topological polar surface area (TPSA) is 0 Å². The monoisotopic (exact) mass is 80.1 g/mol. The van der Waals surface area contributed by atoms with Gasteiger partial charge in [-0.2, -0.15) is 0 Å². The van der Waals surface area contributed by atoms with E-state index >= 15 is 0 Å². The number of hydrogen-bond donors (Lipinski definition) is 0. The van der Waals surface area contributed by atoms with E-state index in [2.05, 4.69) is 12.2 Å². The average Bonchev–Trinajstić information content (AvgIpc) is 1.86. The average molecular weight is 80.1 g/mol. The van der Waals surface area contributed by atoms with Crippen LogP contribution in [0.25, 0.3) is 0 Å². The van der Waals surface area contributed by atoms with Crippen LogP contribution in [0.5, 0.6) is 0 Å². The van der Waals surface area contributed by atoms with Crippen molar-refractivity contribution in [1.82, 2.24) is 0 Å². The minimum Gasteiger partial charge on any atom is -0.0882 e. The van der Waals surface area contributed by atoms with Gasteiger partial charge in [-0.15, -0.1) is 0 Å². The van der Waals surface area contributed by atoms with E-state index in [4.69, 9.17) is 6.92 Å². The Bertz CT molecular complexity index is 54.4. The molecule has 2 radical (unpaired) electrons. The summed E-state index contributed by atoms with van der Waals surface area (Å²) in [5, 5.41) is 0. The first-order chi connectivity index (χ1) is 2.89. The fourth-order valence-corrected chi connectivity index (χ4v) is 0.638. The van der Waals surface area contributed by atoms with Crippen molar-refractivity contribution < 1.29 is 0 Å². The third-order valence-corrected chi connectivity index (χ3v) is 1.04. The van der Waals surface area contributed by atoms with E-state index in [0.717, 1.165) is 12.8 Å². The molecule has 0 heterocycles. The third kappa shape index (κ3) is 0.618. The molecule has 1 aliphatic rings. The molecule has 1 aliphatic carbocycles. The molecule has 0 aliphatic heterocycles. The Hall–Kier alpha value is -0.260. The van der Waals surface area contributed by atoms with Gasteiger partial charge < -0.3 is 0 Å². The number of allylic oxidation sites excluding steroid dienone is 2. The van der Waals surface area contributed by atoms with E-state index in [1.165, 1.54) is 0 Å². The summed E-state index contributed by atoms with van der Waals surface area (Å²) in [6.45, 7) is 5.47. The van der Waals surface area contributed by atoms with E-state index in [1.807, 2.05) is 0 Å². The van der Waals surface area contributed by atoms with Crippen molar-refractivity contribution in [1.29, 1.82) is 0 Å². The minimum absolute atomic E-state index is 0.435. The molecular formula is C6H8. The van der Waals surface area contributed by atoms with Gasteiger partial charge in [-0.1, -0.05) is 12.2 Å². The van der Waals surface area contributed by atoms with Crippen molar-refractivity contribution in [3.8, 4) is 0 Å². The molecule has 0 fully saturated rings. The quantitative estimate of drug-likeness (QED) is 0.388. The van der Waals surface area contributed by atoms with Gasteiger partial charge in [0.15, 0.2) is 0 Å². The molecule has 6 heavy (non-hydrogen) atoms. The lowest BCUT2D eigenvalue weighted by atomic mass is 10.1. The summed E-state index contributed by atoms with van der Waals surface area (Å²) in [5.74, 6) is 0.435. The second-order valence-corrected chi connectivity index (χ2v) is 1.70. The molecule has 1 rings (SSSR count). The van der Waals surface area contributed by atoms with E-state index in [9.17, 15) is 0 Å². The van der Waals surface area contributed by atoms with Gasteiger partial charge in [0.25, 0.3) is 0 Å². The standard InChI is InChI=1S/C6H8/c1-6-4-2-3-5-6/h1-3,6H,4-5H2. The molecule has 0 N–H and O–H groups in total. The lowest BCUT2D eigenvalue weighted by Crippen LogP contribution is -1.80. The second-order valence-electron chi connectivity index (χ2n) is 1.70. The Labute approximate surface area is 38.9 Å². The van der Waals surface area contributed by atoms with Crippen molar-refractivity contribution in [3.63, 3.8) is 0 Å². The van der Waals surface area contributed by atoms with Gasteiger partial charge in [-0.05, 0) is 25.7 Å². The molecule has 0 aromatic rings. The molecule has 0 spiro atoms. The van der Waals surface area contributed by atoms with Gasteiger partial charge >= 0.3 is 0 Å². The molecule has 0 heteroatoms. The lowest BCUT2D eigenvalue weighted by molar-refractivity contribution is 0.712. The minimum atomic E-state index is 0.435. The summed E-state index contributed by atoms with van der Waals surface area (Å²) >= 11 is 0. The van der Waals surface area contributed by atoms with Gasteiger partial charge in [0.1, 0.15) is 0 Å². The highest BCUT2D eigenvalue weighted by Gasteiger charge is 2.00. The SMILES string of the molecule is [CH]C1CC=CC1.